The third-order valence-electron chi connectivity index (χ3n) is 6.67. The van der Waals surface area contributed by atoms with E-state index in [2.05, 4.69) is 60.7 Å². The molecule has 6 rings (SSSR count). The van der Waals surface area contributed by atoms with E-state index in [4.69, 9.17) is 0 Å². The highest BCUT2D eigenvalue weighted by Gasteiger charge is 2.54. The first-order valence-electron chi connectivity index (χ1n) is 9.61. The molecule has 0 heterocycles. The Bertz CT molecular complexity index is 616. The monoisotopic (exact) mass is 335 g/mol. The van der Waals surface area contributed by atoms with Crippen LogP contribution in [0.1, 0.15) is 38.5 Å². The fraction of sp³-hybridized carbons (Fsp3) is 0.478. The molecule has 4 aliphatic carbocycles. The van der Waals surface area contributed by atoms with E-state index < -0.39 is 0 Å². The van der Waals surface area contributed by atoms with Crippen LogP contribution in [0.25, 0.3) is 0 Å². The van der Waals surface area contributed by atoms with E-state index in [1.165, 1.54) is 25.0 Å². The molecule has 0 unspecified atom stereocenters. The second-order valence-electron chi connectivity index (χ2n) is 8.58. The van der Waals surface area contributed by atoms with Crippen LogP contribution >= 0.6 is 0 Å². The highest BCUT2D eigenvalue weighted by molar-refractivity contribution is 7.97. The summed E-state index contributed by atoms with van der Waals surface area (Å²) in [7, 11) is 0.237. The zero-order chi connectivity index (χ0) is 16.0. The molecule has 4 bridgehead atoms. The Labute approximate surface area is 149 Å². The summed E-state index contributed by atoms with van der Waals surface area (Å²) < 4.78 is 0. The van der Waals surface area contributed by atoms with Crippen molar-refractivity contribution in [3.05, 3.63) is 60.7 Å². The van der Waals surface area contributed by atoms with Crippen molar-refractivity contribution in [2.45, 2.75) is 48.3 Å². The molecule has 0 aromatic heterocycles. The molecule has 4 aliphatic rings. The van der Waals surface area contributed by atoms with Gasteiger partial charge in [0.05, 0.1) is 10.9 Å². The number of hydrogen-bond acceptors (Lipinski definition) is 0. The molecule has 0 nitrogen and oxygen atoms in total. The van der Waals surface area contributed by atoms with E-state index in [1.54, 1.807) is 29.1 Å². The average molecular weight is 336 g/mol. The van der Waals surface area contributed by atoms with Crippen molar-refractivity contribution >= 4 is 10.9 Å². The zero-order valence-electron chi connectivity index (χ0n) is 14.4. The van der Waals surface area contributed by atoms with Crippen LogP contribution in [-0.4, -0.2) is 5.75 Å². The second-order valence-corrected chi connectivity index (χ2v) is 10.6. The van der Waals surface area contributed by atoms with Gasteiger partial charge in [0, 0.05) is 5.41 Å². The molecule has 4 fully saturated rings. The third kappa shape index (κ3) is 2.71. The fourth-order valence-corrected chi connectivity index (χ4v) is 8.79. The van der Waals surface area contributed by atoms with Crippen molar-refractivity contribution in [3.63, 3.8) is 0 Å². The van der Waals surface area contributed by atoms with Gasteiger partial charge in [-0.3, -0.25) is 0 Å². The lowest BCUT2D eigenvalue weighted by atomic mass is 9.50. The first kappa shape index (κ1) is 15.1. The van der Waals surface area contributed by atoms with E-state index in [0.29, 0.717) is 5.41 Å². The molecular formula is C23H27S+. The minimum absolute atomic E-state index is 0.237. The Balaban J connectivity index is 1.49. The average Bonchev–Trinajstić information content (AvgIpc) is 2.60. The maximum absolute atomic E-state index is 2.36. The van der Waals surface area contributed by atoms with Crippen LogP contribution < -0.4 is 0 Å². The second kappa shape index (κ2) is 5.95. The predicted molar refractivity (Wildman–Crippen MR) is 102 cm³/mol. The van der Waals surface area contributed by atoms with Gasteiger partial charge < -0.3 is 0 Å². The lowest BCUT2D eigenvalue weighted by molar-refractivity contribution is -0.0385. The number of hydrogen-bond donors (Lipinski definition) is 0. The molecule has 2 aromatic carbocycles. The molecule has 0 N–H and O–H groups in total. The molecule has 124 valence electrons. The summed E-state index contributed by atoms with van der Waals surface area (Å²) >= 11 is 0. The van der Waals surface area contributed by atoms with Crippen LogP contribution in [0.3, 0.4) is 0 Å². The summed E-state index contributed by atoms with van der Waals surface area (Å²) in [5.41, 5.74) is 0.642. The van der Waals surface area contributed by atoms with Gasteiger partial charge in [0.1, 0.15) is 5.75 Å². The Kier molecular flexibility index (Phi) is 3.74. The normalized spacial score (nSPS) is 34.0. The van der Waals surface area contributed by atoms with E-state index in [-0.39, 0.29) is 10.9 Å². The van der Waals surface area contributed by atoms with Crippen molar-refractivity contribution in [1.82, 2.24) is 0 Å². The van der Waals surface area contributed by atoms with Gasteiger partial charge in [0.15, 0.2) is 9.79 Å². The zero-order valence-corrected chi connectivity index (χ0v) is 15.2. The van der Waals surface area contributed by atoms with Crippen molar-refractivity contribution in [3.8, 4) is 0 Å². The standard InChI is InChI=1S/C23H27S/c1-3-7-21(8-4-1)24(22-9-5-2-6-10-22)17-23-14-18-11-19(15-23)13-20(12-18)16-23/h1-10,18-20H,11-17H2/q+1. The molecule has 24 heavy (non-hydrogen) atoms. The molecule has 2 aromatic rings. The topological polar surface area (TPSA) is 0 Å². The molecule has 0 amide bonds. The van der Waals surface area contributed by atoms with Crippen LogP contribution in [0.15, 0.2) is 70.5 Å². The smallest absolute Gasteiger partial charge is 0.0619 e. The van der Waals surface area contributed by atoms with Gasteiger partial charge in [-0.05, 0) is 80.5 Å². The first-order chi connectivity index (χ1) is 11.8. The highest BCUT2D eigenvalue weighted by atomic mass is 32.2. The van der Waals surface area contributed by atoms with Crippen molar-refractivity contribution in [2.75, 3.05) is 5.75 Å². The molecule has 4 saturated carbocycles. The summed E-state index contributed by atoms with van der Waals surface area (Å²) in [6.45, 7) is 0. The largest absolute Gasteiger partial charge is 0.160 e. The van der Waals surface area contributed by atoms with Gasteiger partial charge in [-0.15, -0.1) is 0 Å². The summed E-state index contributed by atoms with van der Waals surface area (Å²) in [6, 6.07) is 22.6. The Morgan fingerprint density at radius 3 is 1.50 bits per heavy atom. The van der Waals surface area contributed by atoms with Gasteiger partial charge in [0.25, 0.3) is 0 Å². The molecule has 0 atom stereocenters. The maximum atomic E-state index is 2.36. The minimum atomic E-state index is 0.237. The van der Waals surface area contributed by atoms with Crippen molar-refractivity contribution < 1.29 is 0 Å². The molecule has 0 aliphatic heterocycles. The van der Waals surface area contributed by atoms with E-state index >= 15 is 0 Å². The Morgan fingerprint density at radius 1 is 0.667 bits per heavy atom. The van der Waals surface area contributed by atoms with E-state index in [1.807, 2.05) is 0 Å². The van der Waals surface area contributed by atoms with Crippen molar-refractivity contribution in [1.29, 1.82) is 0 Å². The summed E-state index contributed by atoms with van der Waals surface area (Å²) in [5.74, 6) is 4.54. The molecule has 0 spiro atoms. The number of rotatable bonds is 4. The lowest BCUT2D eigenvalue weighted by Crippen LogP contribution is -2.49. The molecule has 1 heteroatoms. The van der Waals surface area contributed by atoms with E-state index in [9.17, 15) is 0 Å². The van der Waals surface area contributed by atoms with Crippen LogP contribution in [0.4, 0.5) is 0 Å². The third-order valence-corrected chi connectivity index (χ3v) is 9.25. The maximum Gasteiger partial charge on any atom is 0.160 e. The van der Waals surface area contributed by atoms with Crippen molar-refractivity contribution in [2.24, 2.45) is 23.2 Å². The van der Waals surface area contributed by atoms with Crippen LogP contribution in [0.5, 0.6) is 0 Å². The molecule has 0 saturated heterocycles. The van der Waals surface area contributed by atoms with Gasteiger partial charge in [-0.1, -0.05) is 36.4 Å². The summed E-state index contributed by atoms with van der Waals surface area (Å²) in [6.07, 6.45) is 9.18. The fourth-order valence-electron chi connectivity index (χ4n) is 6.25. The number of benzene rings is 2. The predicted octanol–water partition coefficient (Wildman–Crippen LogP) is 5.94. The molecular weight excluding hydrogens is 308 g/mol. The Hall–Kier alpha value is -1.21. The van der Waals surface area contributed by atoms with Crippen LogP contribution in [0, 0.1) is 23.2 Å². The van der Waals surface area contributed by atoms with Gasteiger partial charge in [-0.2, -0.15) is 0 Å². The van der Waals surface area contributed by atoms with Crippen LogP contribution in [0.2, 0.25) is 0 Å². The first-order valence-corrected chi connectivity index (χ1v) is 11.0. The van der Waals surface area contributed by atoms with E-state index in [0.717, 1.165) is 17.8 Å². The lowest BCUT2D eigenvalue weighted by Gasteiger charge is -2.56. The summed E-state index contributed by atoms with van der Waals surface area (Å²) in [4.78, 5) is 3.08. The van der Waals surface area contributed by atoms with Gasteiger partial charge >= 0.3 is 0 Å². The minimum Gasteiger partial charge on any atom is -0.0619 e. The molecule has 0 radical (unpaired) electrons. The van der Waals surface area contributed by atoms with Crippen LogP contribution in [-0.2, 0) is 10.9 Å². The summed E-state index contributed by atoms with van der Waals surface area (Å²) in [5, 5.41) is 0. The Morgan fingerprint density at radius 2 is 1.08 bits per heavy atom. The highest BCUT2D eigenvalue weighted by Crippen LogP contribution is 2.61. The van der Waals surface area contributed by atoms with Gasteiger partial charge in [-0.25, -0.2) is 0 Å². The van der Waals surface area contributed by atoms with Gasteiger partial charge in [0.2, 0.25) is 0 Å². The SMILES string of the molecule is c1ccc([S+](CC23CC4CC(CC(C4)C2)C3)c2ccccc2)cc1. The quantitative estimate of drug-likeness (QED) is 0.607.